The minimum atomic E-state index is -0.0897. The summed E-state index contributed by atoms with van der Waals surface area (Å²) in [4.78, 5) is 11.6. The molecule has 1 aromatic carbocycles. The quantitative estimate of drug-likeness (QED) is 0.697. The van der Waals surface area contributed by atoms with Crippen molar-refractivity contribution in [3.05, 3.63) is 34.4 Å². The number of rotatable bonds is 2. The molecule has 0 aromatic heterocycles. The van der Waals surface area contributed by atoms with E-state index in [-0.39, 0.29) is 5.91 Å². The molecule has 0 aliphatic carbocycles. The smallest absolute Gasteiger partial charge is 0.265 e. The van der Waals surface area contributed by atoms with Gasteiger partial charge in [-0.3, -0.25) is 10.2 Å². The van der Waals surface area contributed by atoms with Gasteiger partial charge in [-0.05, 0) is 43.5 Å². The molecule has 0 saturated carbocycles. The average molecular weight is 192 g/mol. The molecule has 0 unspecified atom stereocenters. The Labute approximate surface area is 84.5 Å². The van der Waals surface area contributed by atoms with Crippen LogP contribution in [0.5, 0.6) is 0 Å². The second kappa shape index (κ2) is 4.24. The van der Waals surface area contributed by atoms with Crippen LogP contribution in [0.25, 0.3) is 0 Å². The minimum absolute atomic E-state index is 0.0897. The van der Waals surface area contributed by atoms with Gasteiger partial charge >= 0.3 is 0 Å². The van der Waals surface area contributed by atoms with Gasteiger partial charge in [-0.1, -0.05) is 6.07 Å². The van der Waals surface area contributed by atoms with Gasteiger partial charge in [0.1, 0.15) is 0 Å². The van der Waals surface area contributed by atoms with E-state index in [1.165, 1.54) is 11.1 Å². The molecular weight excluding hydrogens is 176 g/mol. The summed E-state index contributed by atoms with van der Waals surface area (Å²) in [7, 11) is 1.67. The second-order valence-electron chi connectivity index (χ2n) is 3.38. The SMILES string of the molecule is CNNC(=O)c1ccc(C)c(C)c1C. The molecule has 0 atom stereocenters. The van der Waals surface area contributed by atoms with E-state index < -0.39 is 0 Å². The van der Waals surface area contributed by atoms with Crippen molar-refractivity contribution in [3.8, 4) is 0 Å². The van der Waals surface area contributed by atoms with Crippen molar-refractivity contribution in [1.82, 2.24) is 10.9 Å². The lowest BCUT2D eigenvalue weighted by atomic mass is 9.99. The molecular formula is C11H16N2O. The number of hydrogen-bond donors (Lipinski definition) is 2. The van der Waals surface area contributed by atoms with Crippen molar-refractivity contribution >= 4 is 5.91 Å². The molecule has 0 saturated heterocycles. The first-order chi connectivity index (χ1) is 6.57. The number of hydrogen-bond acceptors (Lipinski definition) is 2. The highest BCUT2D eigenvalue weighted by atomic mass is 16.2. The van der Waals surface area contributed by atoms with Crippen LogP contribution in [0.3, 0.4) is 0 Å². The standard InChI is InChI=1S/C11H16N2O/c1-7-5-6-10(9(3)8(7)2)11(14)13-12-4/h5-6,12H,1-4H3,(H,13,14). The summed E-state index contributed by atoms with van der Waals surface area (Å²) in [6.07, 6.45) is 0. The van der Waals surface area contributed by atoms with Crippen molar-refractivity contribution in [2.75, 3.05) is 7.05 Å². The Bertz CT molecular complexity index is 359. The van der Waals surface area contributed by atoms with Crippen LogP contribution in [0.4, 0.5) is 0 Å². The van der Waals surface area contributed by atoms with Crippen LogP contribution in [0.2, 0.25) is 0 Å². The van der Waals surface area contributed by atoms with Crippen molar-refractivity contribution < 1.29 is 4.79 Å². The highest BCUT2D eigenvalue weighted by Gasteiger charge is 2.10. The van der Waals surface area contributed by atoms with Crippen molar-refractivity contribution in [1.29, 1.82) is 0 Å². The average Bonchev–Trinajstić information content (AvgIpc) is 2.15. The molecule has 1 aromatic rings. The Balaban J connectivity index is 3.11. The molecule has 0 aliphatic rings. The predicted molar refractivity (Wildman–Crippen MR) is 57.2 cm³/mol. The van der Waals surface area contributed by atoms with Crippen LogP contribution < -0.4 is 10.9 Å². The number of amides is 1. The van der Waals surface area contributed by atoms with E-state index in [1.807, 2.05) is 32.9 Å². The molecule has 0 heterocycles. The molecule has 0 bridgehead atoms. The summed E-state index contributed by atoms with van der Waals surface area (Å²) in [6, 6.07) is 3.82. The van der Waals surface area contributed by atoms with Crippen LogP contribution in [-0.4, -0.2) is 13.0 Å². The summed E-state index contributed by atoms with van der Waals surface area (Å²) < 4.78 is 0. The minimum Gasteiger partial charge on any atom is -0.288 e. The molecule has 2 N–H and O–H groups in total. The van der Waals surface area contributed by atoms with E-state index in [0.29, 0.717) is 0 Å². The van der Waals surface area contributed by atoms with Gasteiger partial charge in [0.15, 0.2) is 0 Å². The first kappa shape index (κ1) is 10.7. The zero-order valence-electron chi connectivity index (χ0n) is 9.06. The second-order valence-corrected chi connectivity index (χ2v) is 3.38. The normalized spacial score (nSPS) is 10.0. The van der Waals surface area contributed by atoms with Crippen molar-refractivity contribution in [3.63, 3.8) is 0 Å². The first-order valence-corrected chi connectivity index (χ1v) is 4.61. The summed E-state index contributed by atoms with van der Waals surface area (Å²) in [5.41, 5.74) is 9.34. The molecule has 0 aliphatic heterocycles. The molecule has 0 spiro atoms. The molecule has 1 amide bonds. The molecule has 0 fully saturated rings. The van der Waals surface area contributed by atoms with E-state index in [4.69, 9.17) is 0 Å². The number of hydrazine groups is 1. The van der Waals surface area contributed by atoms with Crippen LogP contribution in [-0.2, 0) is 0 Å². The van der Waals surface area contributed by atoms with E-state index in [0.717, 1.165) is 11.1 Å². The van der Waals surface area contributed by atoms with E-state index in [9.17, 15) is 4.79 Å². The fraction of sp³-hybridized carbons (Fsp3) is 0.364. The summed E-state index contributed by atoms with van der Waals surface area (Å²) in [5, 5.41) is 0. The summed E-state index contributed by atoms with van der Waals surface area (Å²) >= 11 is 0. The van der Waals surface area contributed by atoms with Gasteiger partial charge in [-0.2, -0.15) is 0 Å². The molecule has 3 heteroatoms. The monoisotopic (exact) mass is 192 g/mol. The van der Waals surface area contributed by atoms with Gasteiger partial charge in [0.25, 0.3) is 5.91 Å². The fourth-order valence-corrected chi connectivity index (χ4v) is 1.38. The van der Waals surface area contributed by atoms with Crippen molar-refractivity contribution in [2.24, 2.45) is 0 Å². The van der Waals surface area contributed by atoms with Gasteiger partial charge in [-0.25, -0.2) is 5.43 Å². The first-order valence-electron chi connectivity index (χ1n) is 4.61. The van der Waals surface area contributed by atoms with Gasteiger partial charge in [-0.15, -0.1) is 0 Å². The third-order valence-electron chi connectivity index (χ3n) is 2.54. The maximum Gasteiger partial charge on any atom is 0.265 e. The Morgan fingerprint density at radius 2 is 1.79 bits per heavy atom. The van der Waals surface area contributed by atoms with E-state index in [1.54, 1.807) is 7.05 Å². The summed E-state index contributed by atoms with van der Waals surface area (Å²) in [6.45, 7) is 6.04. The fourth-order valence-electron chi connectivity index (χ4n) is 1.38. The van der Waals surface area contributed by atoms with Gasteiger partial charge < -0.3 is 0 Å². The van der Waals surface area contributed by atoms with Crippen LogP contribution in [0.15, 0.2) is 12.1 Å². The highest BCUT2D eigenvalue weighted by molar-refractivity contribution is 5.95. The highest BCUT2D eigenvalue weighted by Crippen LogP contribution is 2.16. The van der Waals surface area contributed by atoms with E-state index in [2.05, 4.69) is 10.9 Å². The topological polar surface area (TPSA) is 41.1 Å². The number of nitrogens with one attached hydrogen (secondary N) is 2. The van der Waals surface area contributed by atoms with Gasteiger partial charge in [0.2, 0.25) is 0 Å². The van der Waals surface area contributed by atoms with Gasteiger partial charge in [0.05, 0.1) is 0 Å². The Morgan fingerprint density at radius 1 is 1.14 bits per heavy atom. The molecule has 14 heavy (non-hydrogen) atoms. The lowest BCUT2D eigenvalue weighted by Crippen LogP contribution is -2.34. The third kappa shape index (κ3) is 1.93. The predicted octanol–water partition coefficient (Wildman–Crippen LogP) is 1.48. The van der Waals surface area contributed by atoms with Crippen LogP contribution >= 0.6 is 0 Å². The molecule has 76 valence electrons. The Hall–Kier alpha value is -1.35. The lowest BCUT2D eigenvalue weighted by Gasteiger charge is -2.10. The molecule has 1 rings (SSSR count). The number of carbonyl (C=O) groups is 1. The maximum atomic E-state index is 11.6. The number of aryl methyl sites for hydroxylation is 1. The third-order valence-corrected chi connectivity index (χ3v) is 2.54. The summed E-state index contributed by atoms with van der Waals surface area (Å²) in [5.74, 6) is -0.0897. The maximum absolute atomic E-state index is 11.6. The zero-order valence-corrected chi connectivity index (χ0v) is 9.06. The molecule has 3 nitrogen and oxygen atoms in total. The largest absolute Gasteiger partial charge is 0.288 e. The molecule has 0 radical (unpaired) electrons. The lowest BCUT2D eigenvalue weighted by molar-refractivity contribution is 0.0937. The van der Waals surface area contributed by atoms with Gasteiger partial charge in [0, 0.05) is 12.6 Å². The van der Waals surface area contributed by atoms with Crippen LogP contribution in [0.1, 0.15) is 27.0 Å². The Kier molecular flexibility index (Phi) is 3.25. The van der Waals surface area contributed by atoms with E-state index >= 15 is 0 Å². The van der Waals surface area contributed by atoms with Crippen molar-refractivity contribution in [2.45, 2.75) is 20.8 Å². The number of carbonyl (C=O) groups excluding carboxylic acids is 1. The Morgan fingerprint density at radius 3 is 2.36 bits per heavy atom. The zero-order chi connectivity index (χ0) is 10.7. The number of benzene rings is 1. The van der Waals surface area contributed by atoms with Crippen LogP contribution in [0, 0.1) is 20.8 Å².